The predicted octanol–water partition coefficient (Wildman–Crippen LogP) is 2.91. The molecule has 1 fully saturated rings. The fraction of sp³-hybridized carbons (Fsp3) is 0.409. The summed E-state index contributed by atoms with van der Waals surface area (Å²) in [5.41, 5.74) is 7.57. The van der Waals surface area contributed by atoms with Gasteiger partial charge in [-0.25, -0.2) is 18.7 Å². The van der Waals surface area contributed by atoms with Gasteiger partial charge in [0.2, 0.25) is 0 Å². The third-order valence-electron chi connectivity index (χ3n) is 5.68. The van der Waals surface area contributed by atoms with E-state index in [1.807, 2.05) is 4.90 Å². The number of alkyl halides is 1. The Morgan fingerprint density at radius 3 is 2.62 bits per heavy atom. The molecule has 1 aromatic carbocycles. The molecule has 0 atom stereocenters. The minimum atomic E-state index is -0.485. The molecule has 0 saturated carbocycles. The fourth-order valence-corrected chi connectivity index (χ4v) is 4.06. The summed E-state index contributed by atoms with van der Waals surface area (Å²) in [6.07, 6.45) is 4.14. The van der Waals surface area contributed by atoms with Crippen LogP contribution in [0.1, 0.15) is 29.0 Å². The Morgan fingerprint density at radius 1 is 1.22 bits per heavy atom. The van der Waals surface area contributed by atoms with Crippen molar-refractivity contribution in [2.75, 3.05) is 39.4 Å². The first-order valence-corrected chi connectivity index (χ1v) is 10.8. The third kappa shape index (κ3) is 4.99. The Bertz CT molecular complexity index is 1010. The number of hydrogen-bond acceptors (Lipinski definition) is 6. The molecule has 0 spiro atoms. The minimum absolute atomic E-state index is 0.168. The van der Waals surface area contributed by atoms with Crippen molar-refractivity contribution in [2.45, 2.75) is 18.9 Å². The monoisotopic (exact) mass is 463 g/mol. The third-order valence-corrected chi connectivity index (χ3v) is 5.87. The second-order valence-electron chi connectivity index (χ2n) is 7.88. The molecule has 170 valence electrons. The molecular formula is C22H24ClF2N5O2. The largest absolute Gasteiger partial charge is 0.489 e. The predicted molar refractivity (Wildman–Crippen MR) is 117 cm³/mol. The van der Waals surface area contributed by atoms with Crippen molar-refractivity contribution in [3.63, 3.8) is 0 Å². The fourth-order valence-electron chi connectivity index (χ4n) is 3.97. The summed E-state index contributed by atoms with van der Waals surface area (Å²) >= 11 is 5.85. The van der Waals surface area contributed by atoms with E-state index in [1.165, 1.54) is 30.6 Å². The number of piperidine rings is 1. The van der Waals surface area contributed by atoms with Crippen molar-refractivity contribution in [2.24, 2.45) is 5.73 Å². The SMILES string of the molecule is NC1=C(c2ncc(Cl)cn2)CN(C(=O)c2ccc(F)cc2OC2CCN(CCF)CC2)C1. The van der Waals surface area contributed by atoms with Crippen LogP contribution in [0.3, 0.4) is 0 Å². The van der Waals surface area contributed by atoms with Gasteiger partial charge in [-0.2, -0.15) is 0 Å². The van der Waals surface area contributed by atoms with Gasteiger partial charge in [-0.05, 0) is 25.0 Å². The molecule has 1 aromatic heterocycles. The summed E-state index contributed by atoms with van der Waals surface area (Å²) in [4.78, 5) is 25.2. The molecule has 0 radical (unpaired) electrons. The number of hydrogen-bond donors (Lipinski definition) is 1. The first-order valence-electron chi connectivity index (χ1n) is 10.4. The highest BCUT2D eigenvalue weighted by atomic mass is 35.5. The number of ether oxygens (including phenoxy) is 1. The summed E-state index contributed by atoms with van der Waals surface area (Å²) in [7, 11) is 0. The highest BCUT2D eigenvalue weighted by molar-refractivity contribution is 6.30. The van der Waals surface area contributed by atoms with Gasteiger partial charge >= 0.3 is 0 Å². The summed E-state index contributed by atoms with van der Waals surface area (Å²) < 4.78 is 32.6. The van der Waals surface area contributed by atoms with Gasteiger partial charge in [-0.1, -0.05) is 11.6 Å². The molecule has 1 amide bonds. The molecule has 2 aliphatic heterocycles. The van der Waals surface area contributed by atoms with Crippen molar-refractivity contribution in [1.29, 1.82) is 0 Å². The molecule has 4 rings (SSSR count). The number of rotatable bonds is 6. The van der Waals surface area contributed by atoms with Gasteiger partial charge in [-0.15, -0.1) is 0 Å². The summed E-state index contributed by atoms with van der Waals surface area (Å²) in [5, 5.41) is 0.405. The van der Waals surface area contributed by atoms with Gasteiger partial charge in [0.1, 0.15) is 24.3 Å². The molecule has 10 heteroatoms. The molecule has 1 saturated heterocycles. The van der Waals surface area contributed by atoms with E-state index in [-0.39, 0.29) is 43.1 Å². The van der Waals surface area contributed by atoms with E-state index in [9.17, 15) is 13.6 Å². The smallest absolute Gasteiger partial charge is 0.258 e. The zero-order valence-corrected chi connectivity index (χ0v) is 18.2. The molecular weight excluding hydrogens is 440 g/mol. The van der Waals surface area contributed by atoms with Crippen LogP contribution in [0, 0.1) is 5.82 Å². The van der Waals surface area contributed by atoms with Crippen molar-refractivity contribution in [1.82, 2.24) is 19.8 Å². The number of aromatic nitrogens is 2. The average molecular weight is 464 g/mol. The molecule has 0 bridgehead atoms. The van der Waals surface area contributed by atoms with Crippen molar-refractivity contribution >= 4 is 23.1 Å². The highest BCUT2D eigenvalue weighted by Crippen LogP contribution is 2.29. The van der Waals surface area contributed by atoms with Gasteiger partial charge in [-0.3, -0.25) is 4.79 Å². The number of benzene rings is 1. The van der Waals surface area contributed by atoms with Crippen molar-refractivity contribution in [3.8, 4) is 5.75 Å². The molecule has 3 heterocycles. The molecule has 32 heavy (non-hydrogen) atoms. The van der Waals surface area contributed by atoms with Crippen LogP contribution in [-0.2, 0) is 0 Å². The summed E-state index contributed by atoms with van der Waals surface area (Å²) in [6, 6.07) is 3.90. The van der Waals surface area contributed by atoms with Crippen LogP contribution in [0.5, 0.6) is 5.75 Å². The van der Waals surface area contributed by atoms with Crippen molar-refractivity contribution < 1.29 is 18.3 Å². The van der Waals surface area contributed by atoms with Gasteiger partial charge in [0.05, 0.1) is 23.7 Å². The standard InChI is InChI=1S/C22H24ClF2N5O2/c23-14-10-27-21(28-11-14)18-12-30(13-19(18)26)22(31)17-2-1-15(25)9-20(17)32-16-3-6-29(7-4-16)8-5-24/h1-2,9-11,16H,3-8,12-13,26H2. The van der Waals surface area contributed by atoms with Crippen LogP contribution >= 0.6 is 11.6 Å². The van der Waals surface area contributed by atoms with Crippen LogP contribution < -0.4 is 10.5 Å². The summed E-state index contributed by atoms with van der Waals surface area (Å²) in [5.74, 6) is -0.186. The maximum atomic E-state index is 14.0. The number of carbonyl (C=O) groups excluding carboxylic acids is 1. The van der Waals surface area contributed by atoms with Gasteiger partial charge in [0.25, 0.3) is 5.91 Å². The Morgan fingerprint density at radius 2 is 1.94 bits per heavy atom. The van der Waals surface area contributed by atoms with Gasteiger partial charge < -0.3 is 20.3 Å². The molecule has 2 aliphatic rings. The normalized spacial score (nSPS) is 17.8. The van der Waals surface area contributed by atoms with Gasteiger partial charge in [0.15, 0.2) is 5.82 Å². The number of carbonyl (C=O) groups is 1. The quantitative estimate of drug-likeness (QED) is 0.709. The van der Waals surface area contributed by atoms with Crippen LogP contribution in [-0.4, -0.2) is 71.2 Å². The first-order chi connectivity index (χ1) is 15.4. The Labute approximate surface area is 189 Å². The van der Waals surface area contributed by atoms with E-state index < -0.39 is 5.82 Å². The Kier molecular flexibility index (Phi) is 6.86. The van der Waals surface area contributed by atoms with E-state index in [4.69, 9.17) is 22.1 Å². The van der Waals surface area contributed by atoms with E-state index in [0.29, 0.717) is 54.6 Å². The van der Waals surface area contributed by atoms with E-state index in [2.05, 4.69) is 9.97 Å². The second kappa shape index (κ2) is 9.79. The summed E-state index contributed by atoms with van der Waals surface area (Å²) in [6.45, 7) is 1.85. The topological polar surface area (TPSA) is 84.6 Å². The number of halogens is 3. The number of amides is 1. The van der Waals surface area contributed by atoms with Crippen LogP contribution in [0.15, 0.2) is 36.3 Å². The van der Waals surface area contributed by atoms with Crippen LogP contribution in [0.25, 0.3) is 5.57 Å². The molecule has 7 nitrogen and oxygen atoms in total. The lowest BCUT2D eigenvalue weighted by Gasteiger charge is -2.32. The molecule has 2 aromatic rings. The van der Waals surface area contributed by atoms with Gasteiger partial charge in [0, 0.05) is 49.4 Å². The Hall–Kier alpha value is -2.78. The Balaban J connectivity index is 1.47. The maximum Gasteiger partial charge on any atom is 0.258 e. The number of nitrogens with zero attached hydrogens (tertiary/aromatic N) is 4. The zero-order valence-electron chi connectivity index (χ0n) is 17.4. The first kappa shape index (κ1) is 22.4. The molecule has 2 N–H and O–H groups in total. The molecule has 0 unspecified atom stereocenters. The second-order valence-corrected chi connectivity index (χ2v) is 8.31. The van der Waals surface area contributed by atoms with Crippen molar-refractivity contribution in [3.05, 3.63) is 58.5 Å². The number of likely N-dealkylation sites (tertiary alicyclic amines) is 1. The lowest BCUT2D eigenvalue weighted by molar-refractivity contribution is 0.0770. The van der Waals surface area contributed by atoms with E-state index in [0.717, 1.165) is 0 Å². The van der Waals surface area contributed by atoms with Crippen LogP contribution in [0.2, 0.25) is 5.02 Å². The number of nitrogens with two attached hydrogens (primary N) is 1. The minimum Gasteiger partial charge on any atom is -0.489 e. The van der Waals surface area contributed by atoms with E-state index >= 15 is 0 Å². The lowest BCUT2D eigenvalue weighted by Crippen LogP contribution is -2.39. The highest BCUT2D eigenvalue weighted by Gasteiger charge is 2.30. The average Bonchev–Trinajstić information content (AvgIpc) is 3.17. The maximum absolute atomic E-state index is 14.0. The lowest BCUT2D eigenvalue weighted by atomic mass is 10.1. The van der Waals surface area contributed by atoms with E-state index in [1.54, 1.807) is 4.90 Å². The molecule has 0 aliphatic carbocycles. The zero-order chi connectivity index (χ0) is 22.7. The van der Waals surface area contributed by atoms with Crippen LogP contribution in [0.4, 0.5) is 8.78 Å².